The lowest BCUT2D eigenvalue weighted by Gasteiger charge is -2.26. The van der Waals surface area contributed by atoms with E-state index in [9.17, 15) is 13.2 Å². The van der Waals surface area contributed by atoms with Crippen LogP contribution in [0.2, 0.25) is 0 Å². The molecule has 0 saturated carbocycles. The molecule has 2 aromatic rings. The quantitative estimate of drug-likeness (QED) is 0.583. The minimum atomic E-state index is -3.52. The third kappa shape index (κ3) is 6.35. The Morgan fingerprint density at radius 2 is 1.88 bits per heavy atom. The topological polar surface area (TPSA) is 94.2 Å². The van der Waals surface area contributed by atoms with Crippen LogP contribution >= 0.6 is 0 Å². The molecule has 1 unspecified atom stereocenters. The van der Waals surface area contributed by atoms with Gasteiger partial charge in [0.1, 0.15) is 12.4 Å². The second-order valence-electron chi connectivity index (χ2n) is 8.65. The van der Waals surface area contributed by atoms with E-state index in [2.05, 4.69) is 5.32 Å². The number of nitrogens with one attached hydrogen (secondary N) is 1. The molecule has 2 heterocycles. The van der Waals surface area contributed by atoms with Crippen LogP contribution in [-0.2, 0) is 30.7 Å². The van der Waals surface area contributed by atoms with E-state index < -0.39 is 10.0 Å². The molecule has 1 N–H and O–H groups in total. The Morgan fingerprint density at radius 1 is 1.12 bits per heavy atom. The Morgan fingerprint density at radius 3 is 2.59 bits per heavy atom. The average Bonchev–Trinajstić information content (AvgIpc) is 3.37. The Kier molecular flexibility index (Phi) is 8.20. The first-order chi connectivity index (χ1) is 16.4. The van der Waals surface area contributed by atoms with Gasteiger partial charge < -0.3 is 19.5 Å². The lowest BCUT2D eigenvalue weighted by molar-refractivity contribution is -0.116. The number of benzene rings is 2. The molecule has 8 nitrogen and oxygen atoms in total. The van der Waals surface area contributed by atoms with Crippen LogP contribution < -0.4 is 10.1 Å². The van der Waals surface area contributed by atoms with E-state index in [4.69, 9.17) is 14.2 Å². The normalized spacial score (nSPS) is 19.1. The number of ether oxygens (including phenoxy) is 3. The Labute approximate surface area is 201 Å². The largest absolute Gasteiger partial charge is 0.489 e. The molecule has 2 fully saturated rings. The summed E-state index contributed by atoms with van der Waals surface area (Å²) < 4.78 is 43.7. The number of rotatable bonds is 9. The van der Waals surface area contributed by atoms with Crippen molar-refractivity contribution in [2.75, 3.05) is 44.8 Å². The van der Waals surface area contributed by atoms with Crippen molar-refractivity contribution in [3.8, 4) is 5.75 Å². The van der Waals surface area contributed by atoms with Crippen LogP contribution in [0, 0.1) is 6.92 Å². The van der Waals surface area contributed by atoms with Crippen LogP contribution in [0.5, 0.6) is 5.75 Å². The zero-order chi connectivity index (χ0) is 24.0. The summed E-state index contributed by atoms with van der Waals surface area (Å²) in [4.78, 5) is 12.9. The van der Waals surface area contributed by atoms with Crippen LogP contribution in [0.15, 0.2) is 47.4 Å². The highest BCUT2D eigenvalue weighted by Gasteiger charge is 2.26. The molecule has 2 aromatic carbocycles. The summed E-state index contributed by atoms with van der Waals surface area (Å²) in [7, 11) is -3.52. The SMILES string of the molecule is Cc1ccc(NC(=O)CCc2ccc(S(=O)(=O)N3CCOCC3)cc2)c(OCC2CCCO2)c1. The summed E-state index contributed by atoms with van der Waals surface area (Å²) in [5.74, 6) is 0.511. The molecule has 2 aliphatic rings. The number of morpholine rings is 1. The van der Waals surface area contributed by atoms with E-state index in [1.807, 2.05) is 25.1 Å². The molecule has 0 bridgehead atoms. The number of anilines is 1. The van der Waals surface area contributed by atoms with Crippen LogP contribution in [0.25, 0.3) is 0 Å². The molecule has 2 saturated heterocycles. The van der Waals surface area contributed by atoms with Crippen molar-refractivity contribution in [3.63, 3.8) is 0 Å². The van der Waals surface area contributed by atoms with E-state index >= 15 is 0 Å². The first kappa shape index (κ1) is 24.7. The third-order valence-electron chi connectivity index (χ3n) is 6.03. The lowest BCUT2D eigenvalue weighted by Crippen LogP contribution is -2.40. The molecular formula is C25H32N2O6S. The van der Waals surface area contributed by atoms with Gasteiger partial charge in [0.15, 0.2) is 0 Å². The van der Waals surface area contributed by atoms with Gasteiger partial charge in [-0.05, 0) is 61.6 Å². The van der Waals surface area contributed by atoms with E-state index in [0.717, 1.165) is 30.6 Å². The van der Waals surface area contributed by atoms with Gasteiger partial charge in [0, 0.05) is 26.1 Å². The number of sulfonamides is 1. The van der Waals surface area contributed by atoms with Crippen molar-refractivity contribution in [2.45, 2.75) is 43.6 Å². The molecular weight excluding hydrogens is 456 g/mol. The summed E-state index contributed by atoms with van der Waals surface area (Å²) in [6.07, 6.45) is 2.90. The summed E-state index contributed by atoms with van der Waals surface area (Å²) in [5.41, 5.74) is 2.59. The molecule has 9 heteroatoms. The minimum absolute atomic E-state index is 0.0964. The number of hydrogen-bond acceptors (Lipinski definition) is 6. The monoisotopic (exact) mass is 488 g/mol. The molecule has 0 aliphatic carbocycles. The van der Waals surface area contributed by atoms with Crippen LogP contribution in [-0.4, -0.2) is 64.3 Å². The maximum Gasteiger partial charge on any atom is 0.243 e. The first-order valence-electron chi connectivity index (χ1n) is 11.7. The predicted molar refractivity (Wildman–Crippen MR) is 129 cm³/mol. The van der Waals surface area contributed by atoms with Crippen molar-refractivity contribution in [1.29, 1.82) is 0 Å². The molecule has 184 valence electrons. The minimum Gasteiger partial charge on any atom is -0.489 e. The number of carbonyl (C=O) groups is 1. The van der Waals surface area contributed by atoms with Gasteiger partial charge in [0.25, 0.3) is 0 Å². The zero-order valence-electron chi connectivity index (χ0n) is 19.5. The van der Waals surface area contributed by atoms with Crippen LogP contribution in [0.3, 0.4) is 0 Å². The predicted octanol–water partition coefficient (Wildman–Crippen LogP) is 3.15. The maximum atomic E-state index is 12.7. The highest BCUT2D eigenvalue weighted by Crippen LogP contribution is 2.27. The number of hydrogen-bond donors (Lipinski definition) is 1. The van der Waals surface area contributed by atoms with Gasteiger partial charge in [0.05, 0.1) is 29.9 Å². The Bertz CT molecular complexity index is 1080. The molecule has 0 aromatic heterocycles. The standard InChI is InChI=1S/C25H32N2O6S/c1-19-4-10-23(24(17-19)33-18-21-3-2-14-32-21)26-25(28)11-7-20-5-8-22(9-6-20)34(29,30)27-12-15-31-16-13-27/h4-6,8-10,17,21H,2-3,7,11-16,18H2,1H3,(H,26,28). The van der Waals surface area contributed by atoms with Crippen LogP contribution in [0.4, 0.5) is 5.69 Å². The fourth-order valence-corrected chi connectivity index (χ4v) is 5.45. The number of nitrogens with zero attached hydrogens (tertiary/aromatic N) is 1. The molecule has 0 spiro atoms. The second kappa shape index (κ2) is 11.3. The summed E-state index contributed by atoms with van der Waals surface area (Å²) in [6, 6.07) is 12.4. The van der Waals surface area contributed by atoms with Crippen molar-refractivity contribution < 1.29 is 27.4 Å². The van der Waals surface area contributed by atoms with E-state index in [1.165, 1.54) is 4.31 Å². The van der Waals surface area contributed by atoms with Crippen molar-refractivity contribution in [3.05, 3.63) is 53.6 Å². The van der Waals surface area contributed by atoms with Crippen LogP contribution in [0.1, 0.15) is 30.4 Å². The Balaban J connectivity index is 1.31. The van der Waals surface area contributed by atoms with Gasteiger partial charge in [-0.2, -0.15) is 4.31 Å². The third-order valence-corrected chi connectivity index (χ3v) is 7.94. The molecule has 2 aliphatic heterocycles. The fourth-order valence-electron chi connectivity index (χ4n) is 4.05. The molecule has 34 heavy (non-hydrogen) atoms. The van der Waals surface area contributed by atoms with Gasteiger partial charge in [-0.3, -0.25) is 4.79 Å². The van der Waals surface area contributed by atoms with Crippen molar-refractivity contribution in [2.24, 2.45) is 0 Å². The average molecular weight is 489 g/mol. The van der Waals surface area contributed by atoms with Gasteiger partial charge in [0.2, 0.25) is 15.9 Å². The first-order valence-corrected chi connectivity index (χ1v) is 13.2. The zero-order valence-corrected chi connectivity index (χ0v) is 20.3. The number of carbonyl (C=O) groups excluding carboxylic acids is 1. The smallest absolute Gasteiger partial charge is 0.243 e. The fraction of sp³-hybridized carbons (Fsp3) is 0.480. The van der Waals surface area contributed by atoms with Gasteiger partial charge in [-0.25, -0.2) is 8.42 Å². The molecule has 4 rings (SSSR count). The van der Waals surface area contributed by atoms with E-state index in [1.54, 1.807) is 24.3 Å². The second-order valence-corrected chi connectivity index (χ2v) is 10.6. The van der Waals surface area contributed by atoms with E-state index in [0.29, 0.717) is 50.8 Å². The number of amides is 1. The summed E-state index contributed by atoms with van der Waals surface area (Å²) in [6.45, 7) is 4.76. The maximum absolute atomic E-state index is 12.7. The Hall–Kier alpha value is -2.46. The van der Waals surface area contributed by atoms with Crippen molar-refractivity contribution in [1.82, 2.24) is 4.31 Å². The van der Waals surface area contributed by atoms with Gasteiger partial charge in [-0.1, -0.05) is 18.2 Å². The lowest BCUT2D eigenvalue weighted by atomic mass is 10.1. The highest BCUT2D eigenvalue weighted by molar-refractivity contribution is 7.89. The molecule has 0 radical (unpaired) electrons. The van der Waals surface area contributed by atoms with Crippen molar-refractivity contribution >= 4 is 21.6 Å². The molecule has 1 atom stereocenters. The molecule has 1 amide bonds. The summed E-state index contributed by atoms with van der Waals surface area (Å²) >= 11 is 0. The highest BCUT2D eigenvalue weighted by atomic mass is 32.2. The summed E-state index contributed by atoms with van der Waals surface area (Å²) in [5, 5.41) is 2.94. The number of aryl methyl sites for hydroxylation is 2. The van der Waals surface area contributed by atoms with Gasteiger partial charge >= 0.3 is 0 Å². The van der Waals surface area contributed by atoms with E-state index in [-0.39, 0.29) is 23.3 Å². The van der Waals surface area contributed by atoms with Gasteiger partial charge in [-0.15, -0.1) is 0 Å².